The zero-order chi connectivity index (χ0) is 18.0. The summed E-state index contributed by atoms with van der Waals surface area (Å²) in [7, 11) is 0. The molecule has 0 saturated heterocycles. The summed E-state index contributed by atoms with van der Waals surface area (Å²) < 4.78 is 7.61. The van der Waals surface area contributed by atoms with E-state index in [4.69, 9.17) is 10.5 Å². The average molecular weight is 343 g/mol. The second kappa shape index (κ2) is 7.23. The summed E-state index contributed by atoms with van der Waals surface area (Å²) in [6.07, 6.45) is 3.10. The molecule has 25 heavy (non-hydrogen) atoms. The first kappa shape index (κ1) is 17.4. The maximum absolute atomic E-state index is 12.8. The van der Waals surface area contributed by atoms with Crippen molar-refractivity contribution in [3.63, 3.8) is 0 Å². The van der Waals surface area contributed by atoms with E-state index in [1.807, 2.05) is 32.9 Å². The highest BCUT2D eigenvalue weighted by Gasteiger charge is 2.31. The highest BCUT2D eigenvalue weighted by molar-refractivity contribution is 5.94. The molecule has 7 heteroatoms. The Morgan fingerprint density at radius 3 is 3.00 bits per heavy atom. The summed E-state index contributed by atoms with van der Waals surface area (Å²) >= 11 is 0. The van der Waals surface area contributed by atoms with Crippen LogP contribution in [0.1, 0.15) is 54.2 Å². The number of fused-ring (bicyclic) bond motifs is 1. The largest absolute Gasteiger partial charge is 0.384 e. The van der Waals surface area contributed by atoms with Crippen LogP contribution in [0.4, 0.5) is 5.82 Å². The summed E-state index contributed by atoms with van der Waals surface area (Å²) in [6.45, 7) is 7.19. The number of nitrogens with two attached hydrogens (primary N) is 1. The summed E-state index contributed by atoms with van der Waals surface area (Å²) in [6, 6.07) is 3.73. The number of nitrogens with zero attached hydrogens (tertiary/aromatic N) is 3. The van der Waals surface area contributed by atoms with Gasteiger partial charge in [0.1, 0.15) is 11.5 Å². The Kier molecular flexibility index (Phi) is 5.03. The number of hydrogen-bond donors (Lipinski definition) is 2. The Hall–Kier alpha value is -2.41. The monoisotopic (exact) mass is 343 g/mol. The van der Waals surface area contributed by atoms with Crippen molar-refractivity contribution in [3.8, 4) is 0 Å². The number of ether oxygens (including phenoxy) is 1. The minimum atomic E-state index is -0.0853. The molecule has 0 bridgehead atoms. The van der Waals surface area contributed by atoms with Gasteiger partial charge in [0, 0.05) is 31.3 Å². The van der Waals surface area contributed by atoms with E-state index < -0.39 is 0 Å². The van der Waals surface area contributed by atoms with Crippen molar-refractivity contribution in [3.05, 3.63) is 40.8 Å². The predicted octanol–water partition coefficient (Wildman–Crippen LogP) is 1.87. The molecule has 0 spiro atoms. The van der Waals surface area contributed by atoms with Gasteiger partial charge in [0.15, 0.2) is 0 Å². The molecule has 2 aromatic heterocycles. The van der Waals surface area contributed by atoms with Crippen molar-refractivity contribution in [2.45, 2.75) is 52.4 Å². The summed E-state index contributed by atoms with van der Waals surface area (Å²) in [4.78, 5) is 16.8. The average Bonchev–Trinajstić information content (AvgIpc) is 2.93. The van der Waals surface area contributed by atoms with Gasteiger partial charge in [0.25, 0.3) is 5.91 Å². The predicted molar refractivity (Wildman–Crippen MR) is 95.3 cm³/mol. The second-order valence-electron chi connectivity index (χ2n) is 6.42. The molecule has 0 saturated carbocycles. The number of rotatable bonds is 5. The number of pyridine rings is 1. The van der Waals surface area contributed by atoms with Gasteiger partial charge in [-0.25, -0.2) is 4.98 Å². The van der Waals surface area contributed by atoms with Crippen LogP contribution in [0.15, 0.2) is 18.3 Å². The number of carbonyl (C=O) groups excluding carboxylic acids is 1. The van der Waals surface area contributed by atoms with Crippen LogP contribution in [-0.2, 0) is 24.1 Å². The molecule has 3 N–H and O–H groups in total. The molecule has 2 atom stereocenters. The number of anilines is 1. The number of amides is 1. The summed E-state index contributed by atoms with van der Waals surface area (Å²) in [5.74, 6) is 0.406. The number of nitrogens with one attached hydrogen (secondary N) is 1. The highest BCUT2D eigenvalue weighted by Crippen LogP contribution is 2.31. The molecule has 1 aliphatic heterocycles. The third-order valence-electron chi connectivity index (χ3n) is 4.45. The van der Waals surface area contributed by atoms with Crippen molar-refractivity contribution >= 4 is 11.7 Å². The maximum Gasteiger partial charge on any atom is 0.269 e. The SMILES string of the molecule is CCn1nc2c(c1C(=O)NCCc1ccnc(N)c1)C[C@H](C)O[C@@H]2C. The molecular weight excluding hydrogens is 318 g/mol. The van der Waals surface area contributed by atoms with E-state index in [9.17, 15) is 4.79 Å². The molecule has 0 fully saturated rings. The lowest BCUT2D eigenvalue weighted by Crippen LogP contribution is -2.30. The van der Waals surface area contributed by atoms with Gasteiger partial charge >= 0.3 is 0 Å². The number of aromatic nitrogens is 3. The molecule has 0 unspecified atom stereocenters. The fourth-order valence-electron chi connectivity index (χ4n) is 3.33. The van der Waals surface area contributed by atoms with E-state index in [1.54, 1.807) is 10.9 Å². The van der Waals surface area contributed by atoms with Crippen LogP contribution in [0, 0.1) is 0 Å². The van der Waals surface area contributed by atoms with Crippen LogP contribution in [0.25, 0.3) is 0 Å². The van der Waals surface area contributed by atoms with Gasteiger partial charge in [-0.05, 0) is 44.9 Å². The zero-order valence-corrected chi connectivity index (χ0v) is 15.0. The number of nitrogen functional groups attached to an aromatic ring is 1. The first-order chi connectivity index (χ1) is 12.0. The van der Waals surface area contributed by atoms with Gasteiger partial charge < -0.3 is 15.8 Å². The summed E-state index contributed by atoms with van der Waals surface area (Å²) in [5.41, 5.74) is 9.29. The molecular formula is C18H25N5O2. The third-order valence-corrected chi connectivity index (χ3v) is 4.45. The molecule has 2 aromatic rings. The third kappa shape index (κ3) is 3.66. The normalized spacial score (nSPS) is 19.5. The van der Waals surface area contributed by atoms with E-state index in [-0.39, 0.29) is 18.1 Å². The van der Waals surface area contributed by atoms with Gasteiger partial charge in [-0.1, -0.05) is 0 Å². The Balaban J connectivity index is 1.73. The first-order valence-corrected chi connectivity index (χ1v) is 8.73. The molecule has 3 heterocycles. The van der Waals surface area contributed by atoms with Gasteiger partial charge in [0.2, 0.25) is 0 Å². The lowest BCUT2D eigenvalue weighted by atomic mass is 9.99. The molecule has 3 rings (SSSR count). The lowest BCUT2D eigenvalue weighted by Gasteiger charge is -2.24. The summed E-state index contributed by atoms with van der Waals surface area (Å²) in [5, 5.41) is 7.60. The van der Waals surface area contributed by atoms with Gasteiger partial charge in [-0.2, -0.15) is 5.10 Å². The van der Waals surface area contributed by atoms with Crippen LogP contribution < -0.4 is 11.1 Å². The number of carbonyl (C=O) groups is 1. The van der Waals surface area contributed by atoms with Crippen molar-refractivity contribution in [2.24, 2.45) is 0 Å². The first-order valence-electron chi connectivity index (χ1n) is 8.73. The molecule has 1 aliphatic rings. The minimum absolute atomic E-state index is 0.0843. The van der Waals surface area contributed by atoms with Crippen LogP contribution >= 0.6 is 0 Å². The maximum atomic E-state index is 12.8. The van der Waals surface area contributed by atoms with E-state index in [1.165, 1.54) is 0 Å². The molecule has 0 aliphatic carbocycles. The smallest absolute Gasteiger partial charge is 0.269 e. The van der Waals surface area contributed by atoms with Gasteiger partial charge in [-0.15, -0.1) is 0 Å². The Morgan fingerprint density at radius 1 is 1.48 bits per heavy atom. The van der Waals surface area contributed by atoms with E-state index in [0.29, 0.717) is 37.4 Å². The molecule has 7 nitrogen and oxygen atoms in total. The van der Waals surface area contributed by atoms with Crippen molar-refractivity contribution in [2.75, 3.05) is 12.3 Å². The topological polar surface area (TPSA) is 95.1 Å². The Labute approximate surface area is 147 Å². The minimum Gasteiger partial charge on any atom is -0.384 e. The van der Waals surface area contributed by atoms with Crippen LogP contribution in [-0.4, -0.2) is 33.3 Å². The Bertz CT molecular complexity index is 771. The van der Waals surface area contributed by atoms with Crippen LogP contribution in [0.5, 0.6) is 0 Å². The second-order valence-corrected chi connectivity index (χ2v) is 6.42. The van der Waals surface area contributed by atoms with Crippen LogP contribution in [0.2, 0.25) is 0 Å². The number of aryl methyl sites for hydroxylation is 1. The molecule has 134 valence electrons. The van der Waals surface area contributed by atoms with Gasteiger partial charge in [0.05, 0.1) is 17.9 Å². The molecule has 1 amide bonds. The fourth-order valence-corrected chi connectivity index (χ4v) is 3.33. The molecule has 0 aromatic carbocycles. The molecule has 0 radical (unpaired) electrons. The lowest BCUT2D eigenvalue weighted by molar-refractivity contribution is -0.00712. The van der Waals surface area contributed by atoms with Crippen molar-refractivity contribution < 1.29 is 9.53 Å². The highest BCUT2D eigenvalue weighted by atomic mass is 16.5. The quantitative estimate of drug-likeness (QED) is 0.864. The van der Waals surface area contributed by atoms with Crippen molar-refractivity contribution in [1.29, 1.82) is 0 Å². The van der Waals surface area contributed by atoms with E-state index in [2.05, 4.69) is 15.4 Å². The van der Waals surface area contributed by atoms with Crippen molar-refractivity contribution in [1.82, 2.24) is 20.1 Å². The van der Waals surface area contributed by atoms with Gasteiger partial charge in [-0.3, -0.25) is 9.48 Å². The zero-order valence-electron chi connectivity index (χ0n) is 15.0. The van der Waals surface area contributed by atoms with Crippen LogP contribution in [0.3, 0.4) is 0 Å². The van der Waals surface area contributed by atoms with E-state index in [0.717, 1.165) is 16.8 Å². The van der Waals surface area contributed by atoms with E-state index >= 15 is 0 Å². The fraction of sp³-hybridized carbons (Fsp3) is 0.500. The Morgan fingerprint density at radius 2 is 2.28 bits per heavy atom. The number of hydrogen-bond acceptors (Lipinski definition) is 5. The standard InChI is InChI=1S/C18H25N5O2/c1-4-23-17(14-9-11(2)25-12(3)16(14)22-23)18(24)21-8-6-13-5-7-20-15(19)10-13/h5,7,10-12H,4,6,8-9H2,1-3H3,(H2,19,20)(H,21,24)/t11-,12+/m0/s1.